The van der Waals surface area contributed by atoms with Gasteiger partial charge in [-0.15, -0.1) is 13.2 Å². The quantitative estimate of drug-likeness (QED) is 0.636. The molecule has 0 spiro atoms. The molecule has 1 rings (SSSR count). The predicted octanol–water partition coefficient (Wildman–Crippen LogP) is 3.34. The minimum Gasteiger partial charge on any atom is -0.403 e. The van der Waals surface area contributed by atoms with Gasteiger partial charge in [-0.25, -0.2) is 4.98 Å². The van der Waals surface area contributed by atoms with Gasteiger partial charge < -0.3 is 10.5 Å². The number of nitrogen functional groups attached to an aromatic ring is 1. The fourth-order valence-electron chi connectivity index (χ4n) is 0.927. The second-order valence-corrected chi connectivity index (χ2v) is 3.56. The molecule has 0 saturated heterocycles. The standard InChI is InChI=1S/C7H3BrF6N2O/c8-3-1-2(17-7(12,13)14)4(15)5(16-3)6(9,10)11/h1H,15H2. The summed E-state index contributed by atoms with van der Waals surface area (Å²) in [5.74, 6) is -1.16. The Bertz CT molecular complexity index is 430. The number of alkyl halides is 6. The van der Waals surface area contributed by atoms with Crippen LogP contribution in [0.4, 0.5) is 32.0 Å². The Morgan fingerprint density at radius 3 is 2.12 bits per heavy atom. The highest BCUT2D eigenvalue weighted by Crippen LogP contribution is 2.39. The van der Waals surface area contributed by atoms with Crippen LogP contribution in [-0.2, 0) is 6.18 Å². The van der Waals surface area contributed by atoms with E-state index in [1.807, 2.05) is 0 Å². The molecule has 0 aliphatic rings. The van der Waals surface area contributed by atoms with Crippen LogP contribution in [0.1, 0.15) is 5.69 Å². The summed E-state index contributed by atoms with van der Waals surface area (Å²) in [5.41, 5.74) is 2.05. The van der Waals surface area contributed by atoms with Gasteiger partial charge >= 0.3 is 12.5 Å². The first kappa shape index (κ1) is 13.9. The van der Waals surface area contributed by atoms with E-state index in [0.29, 0.717) is 6.07 Å². The van der Waals surface area contributed by atoms with Crippen LogP contribution < -0.4 is 10.5 Å². The molecule has 0 amide bonds. The van der Waals surface area contributed by atoms with Crippen molar-refractivity contribution in [1.82, 2.24) is 4.98 Å². The maximum atomic E-state index is 12.3. The van der Waals surface area contributed by atoms with E-state index in [2.05, 4.69) is 25.7 Å². The third-order valence-electron chi connectivity index (χ3n) is 1.48. The van der Waals surface area contributed by atoms with E-state index in [1.165, 1.54) is 0 Å². The van der Waals surface area contributed by atoms with Crippen molar-refractivity contribution in [2.24, 2.45) is 0 Å². The van der Waals surface area contributed by atoms with Gasteiger partial charge in [0.2, 0.25) is 0 Å². The Hall–Kier alpha value is -1.19. The minimum atomic E-state index is -5.14. The van der Waals surface area contributed by atoms with Crippen molar-refractivity contribution in [1.29, 1.82) is 0 Å². The first-order valence-corrected chi connectivity index (χ1v) is 4.59. The second kappa shape index (κ2) is 4.24. The SMILES string of the molecule is Nc1c(OC(F)(F)F)cc(Br)nc1C(F)(F)F. The lowest BCUT2D eigenvalue weighted by molar-refractivity contribution is -0.274. The summed E-state index contributed by atoms with van der Waals surface area (Å²) >= 11 is 2.53. The molecule has 17 heavy (non-hydrogen) atoms. The monoisotopic (exact) mass is 324 g/mol. The third-order valence-corrected chi connectivity index (χ3v) is 1.89. The molecule has 2 N–H and O–H groups in total. The molecule has 0 bridgehead atoms. The number of anilines is 1. The number of nitrogens with two attached hydrogens (primary N) is 1. The van der Waals surface area contributed by atoms with Crippen LogP contribution in [0.3, 0.4) is 0 Å². The molecule has 0 aromatic carbocycles. The predicted molar refractivity (Wildman–Crippen MR) is 48.0 cm³/mol. The van der Waals surface area contributed by atoms with Crippen molar-refractivity contribution >= 4 is 21.6 Å². The maximum absolute atomic E-state index is 12.3. The first-order chi connectivity index (χ1) is 7.50. The number of rotatable bonds is 1. The van der Waals surface area contributed by atoms with Crippen molar-refractivity contribution in [3.8, 4) is 5.75 Å². The smallest absolute Gasteiger partial charge is 0.403 e. The molecule has 1 aromatic heterocycles. The summed E-state index contributed by atoms with van der Waals surface area (Å²) in [5, 5.41) is 0. The van der Waals surface area contributed by atoms with Crippen LogP contribution in [-0.4, -0.2) is 11.3 Å². The Kier molecular flexibility index (Phi) is 3.46. The molecule has 3 nitrogen and oxygen atoms in total. The van der Waals surface area contributed by atoms with Crippen molar-refractivity contribution < 1.29 is 31.1 Å². The first-order valence-electron chi connectivity index (χ1n) is 3.79. The average molecular weight is 325 g/mol. The van der Waals surface area contributed by atoms with Crippen molar-refractivity contribution in [2.45, 2.75) is 12.5 Å². The number of ether oxygens (including phenoxy) is 1. The molecule has 1 aromatic rings. The lowest BCUT2D eigenvalue weighted by atomic mass is 10.3. The van der Waals surface area contributed by atoms with E-state index < -0.39 is 34.3 Å². The molecule has 1 heterocycles. The van der Waals surface area contributed by atoms with Crippen molar-refractivity contribution in [2.75, 3.05) is 5.73 Å². The zero-order chi connectivity index (χ0) is 13.4. The van der Waals surface area contributed by atoms with E-state index in [9.17, 15) is 26.3 Å². The molecule has 0 fully saturated rings. The van der Waals surface area contributed by atoms with E-state index in [0.717, 1.165) is 0 Å². The van der Waals surface area contributed by atoms with Gasteiger partial charge in [-0.2, -0.15) is 13.2 Å². The highest BCUT2D eigenvalue weighted by molar-refractivity contribution is 9.10. The van der Waals surface area contributed by atoms with Crippen LogP contribution in [0.5, 0.6) is 5.75 Å². The summed E-state index contributed by atoms with van der Waals surface area (Å²) in [6, 6.07) is 0.595. The van der Waals surface area contributed by atoms with Crippen LogP contribution in [0.15, 0.2) is 10.7 Å². The topological polar surface area (TPSA) is 48.1 Å². The summed E-state index contributed by atoms with van der Waals surface area (Å²) in [4.78, 5) is 2.95. The molecule has 0 saturated carbocycles. The Morgan fingerprint density at radius 1 is 1.18 bits per heavy atom. The van der Waals surface area contributed by atoms with E-state index in [1.54, 1.807) is 0 Å². The molecular weight excluding hydrogens is 322 g/mol. The maximum Gasteiger partial charge on any atom is 0.573 e. The van der Waals surface area contributed by atoms with Gasteiger partial charge in [0.1, 0.15) is 10.3 Å². The number of hydrogen-bond donors (Lipinski definition) is 1. The average Bonchev–Trinajstić information content (AvgIpc) is 2.06. The van der Waals surface area contributed by atoms with E-state index in [4.69, 9.17) is 5.73 Å². The summed E-state index contributed by atoms with van der Waals surface area (Å²) in [7, 11) is 0. The molecule has 0 aliphatic heterocycles. The van der Waals surface area contributed by atoms with Gasteiger partial charge in [0.05, 0.1) is 0 Å². The highest BCUT2D eigenvalue weighted by atomic mass is 79.9. The third kappa shape index (κ3) is 3.65. The van der Waals surface area contributed by atoms with Gasteiger partial charge in [0.15, 0.2) is 11.4 Å². The summed E-state index contributed by atoms with van der Waals surface area (Å²) in [6.45, 7) is 0. The fraction of sp³-hybridized carbons (Fsp3) is 0.286. The molecule has 0 radical (unpaired) electrons. The van der Waals surface area contributed by atoms with Gasteiger partial charge in [0.25, 0.3) is 0 Å². The lowest BCUT2D eigenvalue weighted by Gasteiger charge is -2.15. The van der Waals surface area contributed by atoms with Crippen molar-refractivity contribution in [3.63, 3.8) is 0 Å². The molecule has 10 heteroatoms. The van der Waals surface area contributed by atoms with Crippen LogP contribution in [0.2, 0.25) is 0 Å². The van der Waals surface area contributed by atoms with Gasteiger partial charge in [-0.1, -0.05) is 0 Å². The Labute approximate surface area is 98.7 Å². The van der Waals surface area contributed by atoms with Gasteiger partial charge in [0, 0.05) is 6.07 Å². The number of hydrogen-bond acceptors (Lipinski definition) is 3. The fourth-order valence-corrected chi connectivity index (χ4v) is 1.31. The molecule has 0 atom stereocenters. The number of nitrogens with zero attached hydrogens (tertiary/aromatic N) is 1. The summed E-state index contributed by atoms with van der Waals surface area (Å²) in [6.07, 6.45) is -10.1. The lowest BCUT2D eigenvalue weighted by Crippen LogP contribution is -2.20. The molecule has 0 aliphatic carbocycles. The minimum absolute atomic E-state index is 0.474. The van der Waals surface area contributed by atoms with Crippen LogP contribution in [0, 0.1) is 0 Å². The zero-order valence-electron chi connectivity index (χ0n) is 7.66. The Balaban J connectivity index is 3.29. The normalized spacial score (nSPS) is 12.6. The van der Waals surface area contributed by atoms with Crippen molar-refractivity contribution in [3.05, 3.63) is 16.4 Å². The zero-order valence-corrected chi connectivity index (χ0v) is 9.24. The van der Waals surface area contributed by atoms with Crippen LogP contribution in [0.25, 0.3) is 0 Å². The number of pyridine rings is 1. The number of aromatic nitrogens is 1. The second-order valence-electron chi connectivity index (χ2n) is 2.75. The van der Waals surface area contributed by atoms with Gasteiger partial charge in [-0.3, -0.25) is 0 Å². The number of halogens is 7. The van der Waals surface area contributed by atoms with Crippen LogP contribution >= 0.6 is 15.9 Å². The summed E-state index contributed by atoms with van der Waals surface area (Å²) < 4.78 is 75.6. The largest absolute Gasteiger partial charge is 0.573 e. The molecular formula is C7H3BrF6N2O. The van der Waals surface area contributed by atoms with Gasteiger partial charge in [-0.05, 0) is 15.9 Å². The van der Waals surface area contributed by atoms with E-state index >= 15 is 0 Å². The Morgan fingerprint density at radius 2 is 1.71 bits per heavy atom. The highest BCUT2D eigenvalue weighted by Gasteiger charge is 2.39. The molecule has 96 valence electrons. The van der Waals surface area contributed by atoms with E-state index in [-0.39, 0.29) is 0 Å². The molecule has 0 unspecified atom stereocenters.